The number of hydrogen-bond donors (Lipinski definition) is 0. The van der Waals surface area contributed by atoms with Crippen molar-refractivity contribution in [1.82, 2.24) is 15.0 Å². The minimum absolute atomic E-state index is 0.908. The average molecular weight is 247 g/mol. The van der Waals surface area contributed by atoms with Crippen molar-refractivity contribution in [1.29, 1.82) is 0 Å². The second-order valence-corrected chi connectivity index (χ2v) is 6.31. The summed E-state index contributed by atoms with van der Waals surface area (Å²) in [6.45, 7) is 8.24. The maximum absolute atomic E-state index is 5.14. The van der Waals surface area contributed by atoms with E-state index in [-0.39, 0.29) is 0 Å². The molecule has 3 aliphatic rings. The highest BCUT2D eigenvalue weighted by molar-refractivity contribution is 5.12. The molecule has 4 heteroatoms. The van der Waals surface area contributed by atoms with Crippen LogP contribution in [0.25, 0.3) is 0 Å². The van der Waals surface area contributed by atoms with Crippen molar-refractivity contribution in [2.45, 2.75) is 32.4 Å². The molecule has 18 heavy (non-hydrogen) atoms. The van der Waals surface area contributed by atoms with Gasteiger partial charge in [-0.3, -0.25) is 9.80 Å². The summed E-state index contributed by atoms with van der Waals surface area (Å²) in [5.41, 5.74) is 1.26. The fraction of sp³-hybridized carbons (Fsp3) is 0.786. The summed E-state index contributed by atoms with van der Waals surface area (Å²) in [7, 11) is 0. The van der Waals surface area contributed by atoms with Crippen LogP contribution < -0.4 is 0 Å². The Morgan fingerprint density at radius 2 is 1.94 bits per heavy atom. The molecule has 3 fully saturated rings. The van der Waals surface area contributed by atoms with Gasteiger partial charge in [0.2, 0.25) is 0 Å². The molecule has 1 aliphatic carbocycles. The molecule has 1 aromatic rings. The molecule has 0 spiro atoms. The molecule has 2 atom stereocenters. The Bertz CT molecular complexity index is 426. The summed E-state index contributed by atoms with van der Waals surface area (Å²) >= 11 is 0. The molecule has 0 aromatic carbocycles. The number of nitrogens with zero attached hydrogens (tertiary/aromatic N) is 3. The van der Waals surface area contributed by atoms with Gasteiger partial charge in [-0.1, -0.05) is 5.16 Å². The largest absolute Gasteiger partial charge is 0.361 e. The second kappa shape index (κ2) is 4.07. The molecule has 2 saturated heterocycles. The Balaban J connectivity index is 1.37. The van der Waals surface area contributed by atoms with E-state index in [1.54, 1.807) is 0 Å². The van der Waals surface area contributed by atoms with Gasteiger partial charge in [-0.05, 0) is 31.6 Å². The third-order valence-electron chi connectivity index (χ3n) is 4.90. The molecule has 2 aliphatic heterocycles. The summed E-state index contributed by atoms with van der Waals surface area (Å²) in [5, 5.41) is 3.87. The predicted octanol–water partition coefficient (Wildman–Crippen LogP) is 1.51. The molecule has 98 valence electrons. The molecule has 0 amide bonds. The Hall–Kier alpha value is -0.870. The SMILES string of the molecule is Cc1oncc1CN1CC2CN(C3CC3)CC2C1. The number of rotatable bonds is 3. The Morgan fingerprint density at radius 1 is 1.22 bits per heavy atom. The second-order valence-electron chi connectivity index (χ2n) is 6.31. The van der Waals surface area contributed by atoms with Crippen LogP contribution in [0.1, 0.15) is 24.2 Å². The van der Waals surface area contributed by atoms with Crippen LogP contribution in [-0.4, -0.2) is 47.2 Å². The summed E-state index contributed by atoms with van der Waals surface area (Å²) in [6, 6.07) is 0.948. The first-order valence-corrected chi connectivity index (χ1v) is 7.16. The molecule has 2 unspecified atom stereocenters. The molecular formula is C14H21N3O. The third-order valence-corrected chi connectivity index (χ3v) is 4.90. The van der Waals surface area contributed by atoms with Gasteiger partial charge in [0.25, 0.3) is 0 Å². The molecule has 1 saturated carbocycles. The van der Waals surface area contributed by atoms with Gasteiger partial charge in [0.15, 0.2) is 0 Å². The van der Waals surface area contributed by atoms with Crippen molar-refractivity contribution >= 4 is 0 Å². The molecule has 4 nitrogen and oxygen atoms in total. The smallest absolute Gasteiger partial charge is 0.138 e. The molecule has 4 rings (SSSR count). The van der Waals surface area contributed by atoms with Gasteiger partial charge in [0.1, 0.15) is 5.76 Å². The Kier molecular flexibility index (Phi) is 2.49. The van der Waals surface area contributed by atoms with E-state index in [1.807, 2.05) is 13.1 Å². The van der Waals surface area contributed by atoms with Gasteiger partial charge in [-0.25, -0.2) is 0 Å². The van der Waals surface area contributed by atoms with E-state index in [1.165, 1.54) is 44.6 Å². The molecule has 1 aromatic heterocycles. The highest BCUT2D eigenvalue weighted by Gasteiger charge is 2.44. The molecule has 0 N–H and O–H groups in total. The normalized spacial score (nSPS) is 33.2. The lowest BCUT2D eigenvalue weighted by molar-refractivity contribution is 0.244. The van der Waals surface area contributed by atoms with E-state index in [4.69, 9.17) is 4.52 Å². The fourth-order valence-electron chi connectivity index (χ4n) is 3.71. The average Bonchev–Trinajstić information content (AvgIpc) is 2.85. The van der Waals surface area contributed by atoms with Crippen molar-refractivity contribution in [2.75, 3.05) is 26.2 Å². The van der Waals surface area contributed by atoms with Gasteiger partial charge in [0.05, 0.1) is 6.20 Å². The number of aryl methyl sites for hydroxylation is 1. The first kappa shape index (κ1) is 11.0. The zero-order chi connectivity index (χ0) is 12.1. The third kappa shape index (κ3) is 1.88. The number of hydrogen-bond acceptors (Lipinski definition) is 4. The van der Waals surface area contributed by atoms with E-state index >= 15 is 0 Å². The standard InChI is InChI=1S/C14H21N3O/c1-10-11(4-15-18-10)5-16-6-12-8-17(14-2-3-14)9-13(12)7-16/h4,12-14H,2-3,5-9H2,1H3. The summed E-state index contributed by atoms with van der Waals surface area (Å²) < 4.78 is 5.14. The number of aromatic nitrogens is 1. The monoisotopic (exact) mass is 247 g/mol. The Morgan fingerprint density at radius 3 is 2.50 bits per heavy atom. The lowest BCUT2D eigenvalue weighted by Crippen LogP contribution is -2.30. The minimum Gasteiger partial charge on any atom is -0.361 e. The van der Waals surface area contributed by atoms with Crippen molar-refractivity contribution in [2.24, 2.45) is 11.8 Å². The molecule has 3 heterocycles. The molecule has 0 bridgehead atoms. The highest BCUT2D eigenvalue weighted by atomic mass is 16.5. The van der Waals surface area contributed by atoms with E-state index in [0.717, 1.165) is 30.2 Å². The zero-order valence-corrected chi connectivity index (χ0v) is 11.0. The van der Waals surface area contributed by atoms with Crippen molar-refractivity contribution in [3.8, 4) is 0 Å². The zero-order valence-electron chi connectivity index (χ0n) is 11.0. The summed E-state index contributed by atoms with van der Waals surface area (Å²) in [6.07, 6.45) is 4.77. The van der Waals surface area contributed by atoms with E-state index in [0.29, 0.717) is 0 Å². The van der Waals surface area contributed by atoms with Crippen LogP contribution >= 0.6 is 0 Å². The van der Waals surface area contributed by atoms with Crippen LogP contribution in [0.3, 0.4) is 0 Å². The van der Waals surface area contributed by atoms with Crippen LogP contribution in [0, 0.1) is 18.8 Å². The van der Waals surface area contributed by atoms with Crippen LogP contribution in [-0.2, 0) is 6.54 Å². The Labute approximate surface area is 108 Å². The van der Waals surface area contributed by atoms with Gasteiger partial charge >= 0.3 is 0 Å². The van der Waals surface area contributed by atoms with Gasteiger partial charge in [-0.15, -0.1) is 0 Å². The topological polar surface area (TPSA) is 32.5 Å². The van der Waals surface area contributed by atoms with E-state index < -0.39 is 0 Å². The van der Waals surface area contributed by atoms with Crippen molar-refractivity contribution in [3.63, 3.8) is 0 Å². The van der Waals surface area contributed by atoms with Crippen LogP contribution in [0.15, 0.2) is 10.7 Å². The first-order valence-electron chi connectivity index (χ1n) is 7.16. The van der Waals surface area contributed by atoms with Crippen molar-refractivity contribution in [3.05, 3.63) is 17.5 Å². The van der Waals surface area contributed by atoms with Crippen LogP contribution in [0.2, 0.25) is 0 Å². The minimum atomic E-state index is 0.908. The first-order chi connectivity index (χ1) is 8.79. The summed E-state index contributed by atoms with van der Waals surface area (Å²) in [5.74, 6) is 2.79. The predicted molar refractivity (Wildman–Crippen MR) is 68.1 cm³/mol. The lowest BCUT2D eigenvalue weighted by Gasteiger charge is -2.20. The van der Waals surface area contributed by atoms with Gasteiger partial charge in [-0.2, -0.15) is 0 Å². The van der Waals surface area contributed by atoms with Crippen LogP contribution in [0.4, 0.5) is 0 Å². The fourth-order valence-corrected chi connectivity index (χ4v) is 3.71. The maximum atomic E-state index is 5.14. The van der Waals surface area contributed by atoms with Gasteiger partial charge in [0, 0.05) is 44.3 Å². The van der Waals surface area contributed by atoms with Crippen molar-refractivity contribution < 1.29 is 4.52 Å². The summed E-state index contributed by atoms with van der Waals surface area (Å²) in [4.78, 5) is 5.32. The van der Waals surface area contributed by atoms with Gasteiger partial charge < -0.3 is 4.52 Å². The lowest BCUT2D eigenvalue weighted by atomic mass is 10.0. The number of fused-ring (bicyclic) bond motifs is 1. The van der Waals surface area contributed by atoms with E-state index in [9.17, 15) is 0 Å². The molecular weight excluding hydrogens is 226 g/mol. The molecule has 0 radical (unpaired) electrons. The van der Waals surface area contributed by atoms with Crippen LogP contribution in [0.5, 0.6) is 0 Å². The van der Waals surface area contributed by atoms with E-state index in [2.05, 4.69) is 15.0 Å². The maximum Gasteiger partial charge on any atom is 0.138 e. The quantitative estimate of drug-likeness (QED) is 0.810. The highest BCUT2D eigenvalue weighted by Crippen LogP contribution is 2.38. The number of likely N-dealkylation sites (tertiary alicyclic amines) is 2.